The van der Waals surface area contributed by atoms with Gasteiger partial charge < -0.3 is 9.84 Å². The van der Waals surface area contributed by atoms with Crippen LogP contribution in [0.4, 0.5) is 13.2 Å². The van der Waals surface area contributed by atoms with E-state index < -0.39 is 17.3 Å². The van der Waals surface area contributed by atoms with Crippen molar-refractivity contribution in [1.82, 2.24) is 9.80 Å². The number of ether oxygens (including phenoxy) is 1. The summed E-state index contributed by atoms with van der Waals surface area (Å²) in [5.41, 5.74) is -1.76. The molecule has 1 aliphatic heterocycles. The zero-order chi connectivity index (χ0) is 17.8. The number of alkyl halides is 3. The first kappa shape index (κ1) is 19.2. The first-order chi connectivity index (χ1) is 11.2. The molecular weight excluding hydrogens is 321 g/mol. The van der Waals surface area contributed by atoms with Gasteiger partial charge in [0.25, 0.3) is 0 Å². The summed E-state index contributed by atoms with van der Waals surface area (Å²) < 4.78 is 43.6. The predicted molar refractivity (Wildman–Crippen MR) is 85.8 cm³/mol. The number of piperazine rings is 1. The molecule has 1 aliphatic rings. The van der Waals surface area contributed by atoms with Gasteiger partial charge in [0.1, 0.15) is 0 Å². The minimum absolute atomic E-state index is 0.291. The topological polar surface area (TPSA) is 35.9 Å². The number of benzene rings is 1. The zero-order valence-corrected chi connectivity index (χ0v) is 14.1. The Hall–Kier alpha value is -1.15. The zero-order valence-electron chi connectivity index (χ0n) is 14.1. The fourth-order valence-corrected chi connectivity index (χ4v) is 2.95. The number of halogens is 3. The van der Waals surface area contributed by atoms with Gasteiger partial charge >= 0.3 is 6.18 Å². The highest BCUT2D eigenvalue weighted by Crippen LogP contribution is 2.32. The van der Waals surface area contributed by atoms with Crippen LogP contribution in [0, 0.1) is 0 Å². The average Bonchev–Trinajstić information content (AvgIpc) is 2.53. The Morgan fingerprint density at radius 1 is 1.08 bits per heavy atom. The van der Waals surface area contributed by atoms with Crippen LogP contribution in [0.3, 0.4) is 0 Å². The van der Waals surface area contributed by atoms with E-state index in [0.29, 0.717) is 18.7 Å². The van der Waals surface area contributed by atoms with Gasteiger partial charge in [-0.2, -0.15) is 13.2 Å². The summed E-state index contributed by atoms with van der Waals surface area (Å²) in [5, 5.41) is 10.7. The number of methoxy groups -OCH3 is 1. The smallest absolute Gasteiger partial charge is 0.384 e. The van der Waals surface area contributed by atoms with Gasteiger partial charge in [-0.3, -0.25) is 9.80 Å². The quantitative estimate of drug-likeness (QED) is 0.857. The van der Waals surface area contributed by atoms with Crippen LogP contribution in [-0.2, 0) is 16.5 Å². The van der Waals surface area contributed by atoms with E-state index in [-0.39, 0.29) is 0 Å². The molecule has 0 aromatic heterocycles. The molecule has 0 radical (unpaired) electrons. The minimum Gasteiger partial charge on any atom is -0.384 e. The Kier molecular flexibility index (Phi) is 6.25. The third-order valence-electron chi connectivity index (χ3n) is 4.42. The summed E-state index contributed by atoms with van der Waals surface area (Å²) in [6.45, 7) is 6.71. The van der Waals surface area contributed by atoms with Gasteiger partial charge in [0.15, 0.2) is 0 Å². The Morgan fingerprint density at radius 3 is 2.25 bits per heavy atom. The predicted octanol–water partition coefficient (Wildman–Crippen LogP) is 2.18. The lowest BCUT2D eigenvalue weighted by Gasteiger charge is -2.38. The van der Waals surface area contributed by atoms with Crippen molar-refractivity contribution in [3.63, 3.8) is 0 Å². The molecule has 1 aromatic carbocycles. The molecule has 4 nitrogen and oxygen atoms in total. The minimum atomic E-state index is -4.40. The Morgan fingerprint density at radius 2 is 1.67 bits per heavy atom. The second-order valence-electron chi connectivity index (χ2n) is 6.46. The second kappa shape index (κ2) is 7.82. The normalized spacial score (nSPS) is 20.1. The monoisotopic (exact) mass is 346 g/mol. The Balaban J connectivity index is 1.97. The lowest BCUT2D eigenvalue weighted by atomic mass is 9.93. The fourth-order valence-electron chi connectivity index (χ4n) is 2.95. The molecule has 1 aromatic rings. The molecule has 24 heavy (non-hydrogen) atoms. The highest BCUT2D eigenvalue weighted by Gasteiger charge is 2.34. The number of hydrogen-bond donors (Lipinski definition) is 1. The van der Waals surface area contributed by atoms with E-state index in [9.17, 15) is 18.3 Å². The molecule has 0 spiro atoms. The maximum Gasteiger partial charge on any atom is 0.416 e. The van der Waals surface area contributed by atoms with Gasteiger partial charge in [-0.1, -0.05) is 12.1 Å². The maximum atomic E-state index is 12.9. The van der Waals surface area contributed by atoms with Crippen molar-refractivity contribution in [2.45, 2.75) is 18.7 Å². The van der Waals surface area contributed by atoms with Gasteiger partial charge in [0.05, 0.1) is 17.8 Å². The highest BCUT2D eigenvalue weighted by atomic mass is 19.4. The van der Waals surface area contributed by atoms with Gasteiger partial charge in [0.2, 0.25) is 0 Å². The maximum absolute atomic E-state index is 12.9. The molecule has 0 saturated carbocycles. The summed E-state index contributed by atoms with van der Waals surface area (Å²) in [5.74, 6) is 0. The van der Waals surface area contributed by atoms with Crippen molar-refractivity contribution < 1.29 is 23.0 Å². The molecular formula is C17H25F3N2O2. The molecule has 7 heteroatoms. The van der Waals surface area contributed by atoms with Crippen molar-refractivity contribution in [2.75, 3.05) is 53.0 Å². The lowest BCUT2D eigenvalue weighted by Crippen LogP contribution is -2.50. The van der Waals surface area contributed by atoms with Crippen LogP contribution >= 0.6 is 0 Å². The molecule has 0 amide bonds. The van der Waals surface area contributed by atoms with Crippen LogP contribution in [0.15, 0.2) is 24.3 Å². The molecule has 0 unspecified atom stereocenters. The van der Waals surface area contributed by atoms with Gasteiger partial charge in [0, 0.05) is 46.4 Å². The molecule has 2 rings (SSSR count). The lowest BCUT2D eigenvalue weighted by molar-refractivity contribution is -0.137. The van der Waals surface area contributed by atoms with Crippen LogP contribution in [0.25, 0.3) is 0 Å². The third kappa shape index (κ3) is 5.17. The average molecular weight is 346 g/mol. The van der Waals surface area contributed by atoms with Crippen LogP contribution in [0.1, 0.15) is 18.1 Å². The van der Waals surface area contributed by atoms with Gasteiger partial charge in [-0.15, -0.1) is 0 Å². The van der Waals surface area contributed by atoms with E-state index in [2.05, 4.69) is 9.80 Å². The van der Waals surface area contributed by atoms with Gasteiger partial charge in [-0.05, 0) is 24.6 Å². The summed E-state index contributed by atoms with van der Waals surface area (Å²) >= 11 is 0. The van der Waals surface area contributed by atoms with Crippen molar-refractivity contribution in [3.05, 3.63) is 35.4 Å². The number of β-amino-alcohol motifs (C(OH)–C–C–N with tert-alkyl or cyclic N) is 1. The van der Waals surface area contributed by atoms with Crippen molar-refractivity contribution in [1.29, 1.82) is 0 Å². The molecule has 0 aliphatic carbocycles. The van der Waals surface area contributed by atoms with E-state index in [4.69, 9.17) is 4.74 Å². The van der Waals surface area contributed by atoms with Crippen molar-refractivity contribution >= 4 is 0 Å². The molecule has 1 heterocycles. The molecule has 1 atom stereocenters. The summed E-state index contributed by atoms with van der Waals surface area (Å²) in [7, 11) is 1.67. The number of rotatable bonds is 6. The summed E-state index contributed by atoms with van der Waals surface area (Å²) in [6.07, 6.45) is -4.40. The Bertz CT molecular complexity index is 527. The molecule has 1 saturated heterocycles. The molecule has 0 bridgehead atoms. The number of hydrogen-bond acceptors (Lipinski definition) is 4. The number of nitrogens with zero attached hydrogens (tertiary/aromatic N) is 2. The van der Waals surface area contributed by atoms with E-state index in [1.54, 1.807) is 20.1 Å². The fraction of sp³-hybridized carbons (Fsp3) is 0.647. The van der Waals surface area contributed by atoms with Crippen molar-refractivity contribution in [3.8, 4) is 0 Å². The highest BCUT2D eigenvalue weighted by molar-refractivity contribution is 5.29. The van der Waals surface area contributed by atoms with Crippen LogP contribution in [0.2, 0.25) is 0 Å². The van der Waals surface area contributed by atoms with Crippen LogP contribution < -0.4 is 0 Å². The second-order valence-corrected chi connectivity index (χ2v) is 6.46. The van der Waals surface area contributed by atoms with Crippen LogP contribution in [-0.4, -0.2) is 67.9 Å². The number of aliphatic hydroxyl groups is 1. The Labute approximate surface area is 140 Å². The standard InChI is InChI=1S/C17H25F3N2O2/c1-16(23,14-4-3-5-15(12-14)17(18,19)20)13-22-8-6-21(7-9-22)10-11-24-2/h3-5,12,23H,6-11,13H2,1-2H3/t16-/m0/s1. The SMILES string of the molecule is COCCN1CCN(C[C@](C)(O)c2cccc(C(F)(F)F)c2)CC1. The molecule has 1 fully saturated rings. The van der Waals surface area contributed by atoms with E-state index >= 15 is 0 Å². The largest absolute Gasteiger partial charge is 0.416 e. The first-order valence-electron chi connectivity index (χ1n) is 8.06. The van der Waals surface area contributed by atoms with E-state index in [1.165, 1.54) is 6.07 Å². The van der Waals surface area contributed by atoms with Crippen molar-refractivity contribution in [2.24, 2.45) is 0 Å². The molecule has 136 valence electrons. The first-order valence-corrected chi connectivity index (χ1v) is 8.06. The summed E-state index contributed by atoms with van der Waals surface area (Å²) in [4.78, 5) is 4.36. The third-order valence-corrected chi connectivity index (χ3v) is 4.42. The summed E-state index contributed by atoms with van der Waals surface area (Å²) in [6, 6.07) is 4.95. The van der Waals surface area contributed by atoms with Gasteiger partial charge in [-0.25, -0.2) is 0 Å². The van der Waals surface area contributed by atoms with E-state index in [1.807, 2.05) is 0 Å². The van der Waals surface area contributed by atoms with E-state index in [0.717, 1.165) is 44.9 Å². The van der Waals surface area contributed by atoms with Crippen LogP contribution in [0.5, 0.6) is 0 Å². The molecule has 1 N–H and O–H groups in total.